The minimum Gasteiger partial charge on any atom is -0.439 e. The Labute approximate surface area is 228 Å². The average molecular weight is 541 g/mol. The van der Waals surface area contributed by atoms with E-state index in [1.165, 1.54) is 12.4 Å². The Kier molecular flexibility index (Phi) is 6.38. The first-order chi connectivity index (χ1) is 19.4. The summed E-state index contributed by atoms with van der Waals surface area (Å²) in [5.41, 5.74) is 3.05. The van der Waals surface area contributed by atoms with E-state index in [-0.39, 0.29) is 11.6 Å². The number of fused-ring (bicyclic) bond motifs is 2. The molecule has 6 rings (SSSR count). The van der Waals surface area contributed by atoms with Crippen LogP contribution in [0.1, 0.15) is 5.56 Å². The van der Waals surface area contributed by atoms with Crippen molar-refractivity contribution < 1.29 is 13.9 Å². The van der Waals surface area contributed by atoms with Crippen molar-refractivity contribution in [1.82, 2.24) is 39.4 Å². The minimum atomic E-state index is -0.500. The summed E-state index contributed by atoms with van der Waals surface area (Å²) >= 11 is 0. The number of carbonyl (C=O) groups excluding carboxylic acids is 1. The highest BCUT2D eigenvalue weighted by atomic mass is 19.1. The Bertz CT molecular complexity index is 1760. The molecule has 13 heteroatoms. The standard InChI is InChI=1S/C27H25FN10O2/c1-4-23(39)37-7-9-38(10-8-37)27-30-12-19-25(35-27)26(32-14-31-19)34-17-5-6-21(16(2)24(17)28)40-22-11-18-20(13-29-22)36(3)15-33-18/h4-6,11-15H,1,7-10H2,2-3H3,(H,31,32,34). The molecule has 0 spiro atoms. The number of nitrogens with zero attached hydrogens (tertiary/aromatic N) is 9. The number of nitrogens with one attached hydrogen (secondary N) is 1. The van der Waals surface area contributed by atoms with Crippen molar-refractivity contribution in [2.24, 2.45) is 7.05 Å². The summed E-state index contributed by atoms with van der Waals surface area (Å²) in [6.07, 6.45) is 7.65. The number of halogens is 1. The molecule has 0 radical (unpaired) electrons. The van der Waals surface area contributed by atoms with Crippen LogP contribution < -0.4 is 15.0 Å². The first kappa shape index (κ1) is 25.1. The van der Waals surface area contributed by atoms with Gasteiger partial charge < -0.3 is 24.4 Å². The maximum atomic E-state index is 15.5. The third-order valence-corrected chi connectivity index (χ3v) is 6.80. The molecule has 1 aliphatic rings. The van der Waals surface area contributed by atoms with Gasteiger partial charge in [0.1, 0.15) is 23.1 Å². The molecule has 202 valence electrons. The van der Waals surface area contributed by atoms with Gasteiger partial charge in [0.25, 0.3) is 0 Å². The highest BCUT2D eigenvalue weighted by Gasteiger charge is 2.22. The van der Waals surface area contributed by atoms with Crippen LogP contribution in [-0.2, 0) is 11.8 Å². The largest absolute Gasteiger partial charge is 0.439 e. The van der Waals surface area contributed by atoms with Gasteiger partial charge in [0, 0.05) is 44.9 Å². The second-order valence-electron chi connectivity index (χ2n) is 9.29. The van der Waals surface area contributed by atoms with Gasteiger partial charge in [-0.05, 0) is 25.1 Å². The minimum absolute atomic E-state index is 0.0989. The second kappa shape index (κ2) is 10.2. The quantitative estimate of drug-likeness (QED) is 0.320. The number of hydrogen-bond donors (Lipinski definition) is 1. The van der Waals surface area contributed by atoms with Gasteiger partial charge in [-0.15, -0.1) is 0 Å². The number of amides is 1. The molecular weight excluding hydrogens is 515 g/mol. The molecule has 0 saturated carbocycles. The summed E-state index contributed by atoms with van der Waals surface area (Å²) in [4.78, 5) is 41.9. The molecule has 40 heavy (non-hydrogen) atoms. The van der Waals surface area contributed by atoms with E-state index < -0.39 is 5.82 Å². The fourth-order valence-corrected chi connectivity index (χ4v) is 4.52. The van der Waals surface area contributed by atoms with Gasteiger partial charge in [-0.1, -0.05) is 6.58 Å². The topological polar surface area (TPSA) is 127 Å². The molecule has 5 aromatic rings. The van der Waals surface area contributed by atoms with Crippen LogP contribution in [0.25, 0.3) is 22.1 Å². The molecule has 5 heterocycles. The number of pyridine rings is 1. The highest BCUT2D eigenvalue weighted by Crippen LogP contribution is 2.33. The van der Waals surface area contributed by atoms with Crippen molar-refractivity contribution in [2.75, 3.05) is 36.4 Å². The van der Waals surface area contributed by atoms with Crippen molar-refractivity contribution in [1.29, 1.82) is 0 Å². The average Bonchev–Trinajstić information content (AvgIpc) is 3.36. The van der Waals surface area contributed by atoms with Crippen LogP contribution in [0.4, 0.5) is 21.8 Å². The molecule has 4 aromatic heterocycles. The lowest BCUT2D eigenvalue weighted by Crippen LogP contribution is -2.48. The van der Waals surface area contributed by atoms with Crippen molar-refractivity contribution in [3.05, 3.63) is 67.3 Å². The van der Waals surface area contributed by atoms with Gasteiger partial charge in [0.15, 0.2) is 11.6 Å². The summed E-state index contributed by atoms with van der Waals surface area (Å²) in [6, 6.07) is 4.95. The number of aryl methyl sites for hydroxylation is 1. The van der Waals surface area contributed by atoms with Crippen molar-refractivity contribution in [3.8, 4) is 11.6 Å². The Hall–Kier alpha value is -5.20. The number of ether oxygens (including phenoxy) is 1. The molecule has 0 unspecified atom stereocenters. The predicted octanol–water partition coefficient (Wildman–Crippen LogP) is 3.52. The van der Waals surface area contributed by atoms with Crippen LogP contribution in [-0.4, -0.2) is 71.5 Å². The number of rotatable bonds is 6. The number of carbonyl (C=O) groups is 1. The molecule has 0 aliphatic carbocycles. The van der Waals surface area contributed by atoms with E-state index in [1.54, 1.807) is 48.7 Å². The van der Waals surface area contributed by atoms with Crippen LogP contribution >= 0.6 is 0 Å². The molecule has 0 atom stereocenters. The molecular formula is C27H25FN10O2. The Morgan fingerprint density at radius 1 is 1.07 bits per heavy atom. The summed E-state index contributed by atoms with van der Waals surface area (Å²) in [5.74, 6) is 0.864. The van der Waals surface area contributed by atoms with Gasteiger partial charge in [0.2, 0.25) is 17.7 Å². The summed E-state index contributed by atoms with van der Waals surface area (Å²) in [7, 11) is 1.88. The first-order valence-electron chi connectivity index (χ1n) is 12.6. The van der Waals surface area contributed by atoms with E-state index in [2.05, 4.69) is 41.8 Å². The summed E-state index contributed by atoms with van der Waals surface area (Å²) in [5, 5.41) is 3.05. The SMILES string of the molecule is C=CC(=O)N1CCN(c2ncc3ncnc(Nc4ccc(Oc5cc6ncn(C)c6cn5)c(C)c4F)c3n2)CC1. The van der Waals surface area contributed by atoms with Crippen LogP contribution in [0.3, 0.4) is 0 Å². The normalized spacial score (nSPS) is 13.6. The van der Waals surface area contributed by atoms with E-state index >= 15 is 4.39 Å². The lowest BCUT2D eigenvalue weighted by molar-refractivity contribution is -0.126. The highest BCUT2D eigenvalue weighted by molar-refractivity contribution is 5.88. The van der Waals surface area contributed by atoms with Crippen LogP contribution in [0.2, 0.25) is 0 Å². The van der Waals surface area contributed by atoms with E-state index in [0.29, 0.717) is 66.2 Å². The van der Waals surface area contributed by atoms with Crippen molar-refractivity contribution in [2.45, 2.75) is 6.92 Å². The van der Waals surface area contributed by atoms with Crippen LogP contribution in [0.5, 0.6) is 11.6 Å². The number of hydrogen-bond acceptors (Lipinski definition) is 10. The van der Waals surface area contributed by atoms with E-state index in [1.807, 2.05) is 16.5 Å². The third kappa shape index (κ3) is 4.61. The molecule has 1 N–H and O–H groups in total. The third-order valence-electron chi connectivity index (χ3n) is 6.80. The fourth-order valence-electron chi connectivity index (χ4n) is 4.52. The second-order valence-corrected chi connectivity index (χ2v) is 9.29. The Balaban J connectivity index is 1.24. The molecule has 12 nitrogen and oxygen atoms in total. The summed E-state index contributed by atoms with van der Waals surface area (Å²) in [6.45, 7) is 7.38. The fraction of sp³-hybridized carbons (Fsp3) is 0.222. The van der Waals surface area contributed by atoms with E-state index in [9.17, 15) is 4.79 Å². The lowest BCUT2D eigenvalue weighted by Gasteiger charge is -2.34. The molecule has 1 saturated heterocycles. The maximum Gasteiger partial charge on any atom is 0.246 e. The number of benzene rings is 1. The van der Waals surface area contributed by atoms with E-state index in [0.717, 1.165) is 11.0 Å². The zero-order chi connectivity index (χ0) is 27.8. The Morgan fingerprint density at radius 3 is 2.70 bits per heavy atom. The van der Waals surface area contributed by atoms with Crippen LogP contribution in [0.15, 0.2) is 55.9 Å². The number of aromatic nitrogens is 7. The lowest BCUT2D eigenvalue weighted by atomic mass is 10.2. The van der Waals surface area contributed by atoms with E-state index in [4.69, 9.17) is 4.74 Å². The van der Waals surface area contributed by atoms with Gasteiger partial charge in [-0.2, -0.15) is 0 Å². The zero-order valence-electron chi connectivity index (χ0n) is 21.9. The van der Waals surface area contributed by atoms with Gasteiger partial charge in [-0.25, -0.2) is 34.3 Å². The maximum absolute atomic E-state index is 15.5. The first-order valence-corrected chi connectivity index (χ1v) is 12.6. The number of piperazine rings is 1. The Morgan fingerprint density at radius 2 is 1.90 bits per heavy atom. The summed E-state index contributed by atoms with van der Waals surface area (Å²) < 4.78 is 23.2. The van der Waals surface area contributed by atoms with Gasteiger partial charge in [-0.3, -0.25) is 4.79 Å². The molecule has 1 fully saturated rings. The van der Waals surface area contributed by atoms with Gasteiger partial charge in [0.05, 0.1) is 35.4 Å². The predicted molar refractivity (Wildman–Crippen MR) is 147 cm³/mol. The van der Waals surface area contributed by atoms with Crippen molar-refractivity contribution >= 4 is 45.4 Å². The van der Waals surface area contributed by atoms with Crippen molar-refractivity contribution in [3.63, 3.8) is 0 Å². The molecule has 0 bridgehead atoms. The van der Waals surface area contributed by atoms with Gasteiger partial charge >= 0.3 is 0 Å². The molecule has 1 aliphatic heterocycles. The number of anilines is 3. The smallest absolute Gasteiger partial charge is 0.246 e. The number of imidazole rings is 1. The molecule has 1 amide bonds. The zero-order valence-corrected chi connectivity index (χ0v) is 21.9. The van der Waals surface area contributed by atoms with Crippen LogP contribution in [0, 0.1) is 12.7 Å². The monoisotopic (exact) mass is 540 g/mol. The molecule has 1 aromatic carbocycles.